The summed E-state index contributed by atoms with van der Waals surface area (Å²) in [6.07, 6.45) is 12.0. The first kappa shape index (κ1) is 12.2. The third kappa shape index (κ3) is 3.62. The Morgan fingerprint density at radius 3 is 2.56 bits per heavy atom. The summed E-state index contributed by atoms with van der Waals surface area (Å²) in [7, 11) is 0. The van der Waals surface area contributed by atoms with Crippen molar-refractivity contribution >= 4 is 0 Å². The van der Waals surface area contributed by atoms with Crippen molar-refractivity contribution in [3.8, 4) is 0 Å². The van der Waals surface area contributed by atoms with Crippen molar-refractivity contribution in [2.45, 2.75) is 64.8 Å². The lowest BCUT2D eigenvalue weighted by molar-refractivity contribution is 0.240. The smallest absolute Gasteiger partial charge is 0.00722 e. The van der Waals surface area contributed by atoms with Gasteiger partial charge in [-0.15, -0.1) is 0 Å². The lowest BCUT2D eigenvalue weighted by Gasteiger charge is -2.32. The molecule has 1 N–H and O–H groups in total. The molecule has 1 heteroatoms. The van der Waals surface area contributed by atoms with Crippen LogP contribution >= 0.6 is 0 Å². The van der Waals surface area contributed by atoms with Gasteiger partial charge in [-0.3, -0.25) is 0 Å². The first-order valence-electron chi connectivity index (χ1n) is 7.15. The fourth-order valence-corrected chi connectivity index (χ4v) is 3.51. The minimum atomic E-state index is 0.792. The fraction of sp³-hybridized carbons (Fsp3) is 0.867. The molecule has 0 bridgehead atoms. The Labute approximate surface area is 101 Å². The predicted octanol–water partition coefficient (Wildman–Crippen LogP) is 3.90. The van der Waals surface area contributed by atoms with Crippen molar-refractivity contribution in [2.24, 2.45) is 11.8 Å². The average molecular weight is 221 g/mol. The molecule has 0 aliphatic heterocycles. The summed E-state index contributed by atoms with van der Waals surface area (Å²) in [5, 5.41) is 3.77. The molecule has 1 fully saturated rings. The van der Waals surface area contributed by atoms with Gasteiger partial charge < -0.3 is 5.32 Å². The maximum atomic E-state index is 3.77. The Morgan fingerprint density at radius 1 is 1.19 bits per heavy atom. The largest absolute Gasteiger partial charge is 0.314 e. The zero-order valence-electron chi connectivity index (χ0n) is 11.0. The van der Waals surface area contributed by atoms with E-state index in [9.17, 15) is 0 Å². The van der Waals surface area contributed by atoms with Crippen molar-refractivity contribution < 1.29 is 0 Å². The molecule has 1 saturated carbocycles. The van der Waals surface area contributed by atoms with E-state index in [2.05, 4.69) is 25.2 Å². The van der Waals surface area contributed by atoms with Crippen LogP contribution in [0.25, 0.3) is 0 Å². The van der Waals surface area contributed by atoms with Crippen molar-refractivity contribution in [1.29, 1.82) is 0 Å². The minimum Gasteiger partial charge on any atom is -0.314 e. The van der Waals surface area contributed by atoms with E-state index in [1.165, 1.54) is 51.5 Å². The zero-order valence-corrected chi connectivity index (χ0v) is 11.0. The number of allylic oxidation sites excluding steroid dienone is 1. The molecule has 0 aromatic heterocycles. The van der Waals surface area contributed by atoms with Crippen LogP contribution in [0, 0.1) is 11.8 Å². The number of hydrogen-bond acceptors (Lipinski definition) is 1. The van der Waals surface area contributed by atoms with Gasteiger partial charge in [0, 0.05) is 6.04 Å². The second-order valence-corrected chi connectivity index (χ2v) is 6.07. The summed E-state index contributed by atoms with van der Waals surface area (Å²) in [5.41, 5.74) is 1.70. The molecule has 2 aliphatic rings. The highest BCUT2D eigenvalue weighted by Crippen LogP contribution is 2.28. The molecule has 0 aromatic rings. The fourth-order valence-electron chi connectivity index (χ4n) is 3.51. The van der Waals surface area contributed by atoms with E-state index in [4.69, 9.17) is 0 Å². The van der Waals surface area contributed by atoms with Crippen LogP contribution in [-0.4, -0.2) is 12.6 Å². The lowest BCUT2D eigenvalue weighted by atomic mass is 9.80. The van der Waals surface area contributed by atoms with Crippen molar-refractivity contribution in [3.05, 3.63) is 11.6 Å². The Balaban J connectivity index is 1.65. The van der Waals surface area contributed by atoms with Crippen LogP contribution in [0.5, 0.6) is 0 Å². The molecular formula is C15H27N. The summed E-state index contributed by atoms with van der Waals surface area (Å²) >= 11 is 0. The van der Waals surface area contributed by atoms with Gasteiger partial charge in [0.15, 0.2) is 0 Å². The van der Waals surface area contributed by atoms with E-state index in [1.54, 1.807) is 5.57 Å². The lowest BCUT2D eigenvalue weighted by Crippen LogP contribution is -2.36. The average Bonchev–Trinajstić information content (AvgIpc) is 2.69. The maximum Gasteiger partial charge on any atom is 0.00722 e. The summed E-state index contributed by atoms with van der Waals surface area (Å²) in [4.78, 5) is 0. The van der Waals surface area contributed by atoms with Gasteiger partial charge in [0.25, 0.3) is 0 Å². The Hall–Kier alpha value is -0.300. The Bertz CT molecular complexity index is 234. The van der Waals surface area contributed by atoms with Gasteiger partial charge in [0.05, 0.1) is 0 Å². The van der Waals surface area contributed by atoms with E-state index < -0.39 is 0 Å². The van der Waals surface area contributed by atoms with Crippen LogP contribution in [0.15, 0.2) is 11.6 Å². The van der Waals surface area contributed by atoms with E-state index in [1.807, 2.05) is 0 Å². The molecule has 16 heavy (non-hydrogen) atoms. The second kappa shape index (κ2) is 5.86. The first-order valence-corrected chi connectivity index (χ1v) is 7.15. The van der Waals surface area contributed by atoms with Gasteiger partial charge in [-0.05, 0) is 63.3 Å². The quantitative estimate of drug-likeness (QED) is 0.710. The number of rotatable bonds is 4. The highest BCUT2D eigenvalue weighted by atomic mass is 14.9. The van der Waals surface area contributed by atoms with E-state index >= 15 is 0 Å². The molecule has 0 amide bonds. The van der Waals surface area contributed by atoms with Gasteiger partial charge in [-0.25, -0.2) is 0 Å². The molecule has 1 nitrogen and oxygen atoms in total. The van der Waals surface area contributed by atoms with Crippen LogP contribution in [0.3, 0.4) is 0 Å². The maximum absolute atomic E-state index is 3.77. The van der Waals surface area contributed by atoms with E-state index in [0.29, 0.717) is 0 Å². The van der Waals surface area contributed by atoms with Gasteiger partial charge in [-0.1, -0.05) is 25.5 Å². The summed E-state index contributed by atoms with van der Waals surface area (Å²) < 4.78 is 0. The summed E-state index contributed by atoms with van der Waals surface area (Å²) in [5.74, 6) is 1.85. The first-order chi connectivity index (χ1) is 7.74. The molecule has 2 unspecified atom stereocenters. The molecule has 0 radical (unpaired) electrons. The van der Waals surface area contributed by atoms with Crippen LogP contribution in [-0.2, 0) is 0 Å². The summed E-state index contributed by atoms with van der Waals surface area (Å²) in [6, 6.07) is 0.792. The van der Waals surface area contributed by atoms with Crippen LogP contribution in [0.1, 0.15) is 58.8 Å². The number of nitrogens with one attached hydrogen (secondary N) is 1. The third-order valence-corrected chi connectivity index (χ3v) is 4.19. The summed E-state index contributed by atoms with van der Waals surface area (Å²) in [6.45, 7) is 6.02. The van der Waals surface area contributed by atoms with Gasteiger partial charge in [-0.2, -0.15) is 0 Å². The van der Waals surface area contributed by atoms with E-state index in [-0.39, 0.29) is 0 Å². The molecule has 2 rings (SSSR count). The predicted molar refractivity (Wildman–Crippen MR) is 70.5 cm³/mol. The van der Waals surface area contributed by atoms with Crippen LogP contribution in [0.4, 0.5) is 0 Å². The van der Waals surface area contributed by atoms with Crippen molar-refractivity contribution in [1.82, 2.24) is 5.32 Å². The highest BCUT2D eigenvalue weighted by Gasteiger charge is 2.23. The standard InChI is InChI=1S/C15H27N/c1-12-9-13(2)11-15(10-12)16-8-7-14-5-3-4-6-14/h5,12-13,15-16H,3-4,6-11H2,1-2H3. The third-order valence-electron chi connectivity index (χ3n) is 4.19. The molecule has 0 spiro atoms. The van der Waals surface area contributed by atoms with Crippen LogP contribution < -0.4 is 5.32 Å². The number of hydrogen-bond donors (Lipinski definition) is 1. The zero-order chi connectivity index (χ0) is 11.4. The molecule has 0 saturated heterocycles. The topological polar surface area (TPSA) is 12.0 Å². The monoisotopic (exact) mass is 221 g/mol. The molecule has 0 heterocycles. The van der Waals surface area contributed by atoms with Crippen molar-refractivity contribution in [3.63, 3.8) is 0 Å². The SMILES string of the molecule is CC1CC(C)CC(NCCC2=CCCC2)C1. The molecule has 92 valence electrons. The Morgan fingerprint density at radius 2 is 1.94 bits per heavy atom. The normalized spacial score (nSPS) is 35.1. The van der Waals surface area contributed by atoms with Gasteiger partial charge in [0.1, 0.15) is 0 Å². The van der Waals surface area contributed by atoms with Gasteiger partial charge in [0.2, 0.25) is 0 Å². The molecule has 0 aromatic carbocycles. The minimum absolute atomic E-state index is 0.792. The Kier molecular flexibility index (Phi) is 4.45. The highest BCUT2D eigenvalue weighted by molar-refractivity contribution is 5.07. The molecule has 2 atom stereocenters. The van der Waals surface area contributed by atoms with Crippen LogP contribution in [0.2, 0.25) is 0 Å². The van der Waals surface area contributed by atoms with Gasteiger partial charge >= 0.3 is 0 Å². The molecule has 2 aliphatic carbocycles. The second-order valence-electron chi connectivity index (χ2n) is 6.07. The van der Waals surface area contributed by atoms with E-state index in [0.717, 1.165) is 17.9 Å². The van der Waals surface area contributed by atoms with Crippen molar-refractivity contribution in [2.75, 3.05) is 6.54 Å². The molecular weight excluding hydrogens is 194 g/mol.